The number of pyridine rings is 2. The Bertz CT molecular complexity index is 1460. The Morgan fingerprint density at radius 2 is 1.93 bits per heavy atom. The summed E-state index contributed by atoms with van der Waals surface area (Å²) in [5.41, 5.74) is 5.16. The number of hydrogen-bond acceptors (Lipinski definition) is 4. The zero-order chi connectivity index (χ0) is 19.1. The van der Waals surface area contributed by atoms with E-state index >= 15 is 0 Å². The average Bonchev–Trinajstić information content (AvgIpc) is 3.21. The highest BCUT2D eigenvalue weighted by Gasteiger charge is 2.14. The monoisotopic (exact) mass is 363 g/mol. The summed E-state index contributed by atoms with van der Waals surface area (Å²) >= 11 is 0. The van der Waals surface area contributed by atoms with Crippen LogP contribution in [0.25, 0.3) is 44.3 Å². The van der Waals surface area contributed by atoms with Crippen LogP contribution in [0.2, 0.25) is 0 Å². The number of aromatic nitrogens is 4. The summed E-state index contributed by atoms with van der Waals surface area (Å²) in [7, 11) is 0. The van der Waals surface area contributed by atoms with Gasteiger partial charge in [0.2, 0.25) is 0 Å². The van der Waals surface area contributed by atoms with E-state index in [9.17, 15) is 10.1 Å². The second kappa shape index (κ2) is 6.18. The summed E-state index contributed by atoms with van der Waals surface area (Å²) in [6.07, 6.45) is 3.35. The second-order valence-electron chi connectivity index (χ2n) is 6.49. The van der Waals surface area contributed by atoms with Gasteiger partial charge in [0.05, 0.1) is 34.4 Å². The van der Waals surface area contributed by atoms with Crippen LogP contribution in [0.1, 0.15) is 5.56 Å². The van der Waals surface area contributed by atoms with Crippen LogP contribution in [0.5, 0.6) is 0 Å². The fraction of sp³-hybridized carbons (Fsp3) is 0. The van der Waals surface area contributed by atoms with Crippen LogP contribution in [-0.2, 0) is 0 Å². The molecule has 3 aromatic heterocycles. The molecule has 0 saturated heterocycles. The van der Waals surface area contributed by atoms with Gasteiger partial charge in [0, 0.05) is 28.8 Å². The van der Waals surface area contributed by atoms with Crippen LogP contribution in [0.15, 0.2) is 71.8 Å². The molecule has 28 heavy (non-hydrogen) atoms. The average molecular weight is 363 g/mol. The predicted molar refractivity (Wildman–Crippen MR) is 108 cm³/mol. The minimum absolute atomic E-state index is 0.0933. The fourth-order valence-electron chi connectivity index (χ4n) is 3.38. The largest absolute Gasteiger partial charge is 0.346 e. The minimum atomic E-state index is -0.0933. The highest BCUT2D eigenvalue weighted by molar-refractivity contribution is 5.93. The van der Waals surface area contributed by atoms with Crippen molar-refractivity contribution >= 4 is 21.9 Å². The molecule has 0 spiro atoms. The summed E-state index contributed by atoms with van der Waals surface area (Å²) in [4.78, 5) is 20.1. The van der Waals surface area contributed by atoms with E-state index in [2.05, 4.69) is 21.3 Å². The van der Waals surface area contributed by atoms with Gasteiger partial charge in [-0.3, -0.25) is 9.89 Å². The van der Waals surface area contributed by atoms with Crippen molar-refractivity contribution in [2.24, 2.45) is 0 Å². The third kappa shape index (κ3) is 2.54. The molecule has 0 fully saturated rings. The number of aromatic amines is 2. The normalized spacial score (nSPS) is 11.0. The van der Waals surface area contributed by atoms with Gasteiger partial charge in [-0.15, -0.1) is 0 Å². The fourth-order valence-corrected chi connectivity index (χ4v) is 3.38. The number of benzene rings is 2. The van der Waals surface area contributed by atoms with Crippen molar-refractivity contribution in [3.63, 3.8) is 0 Å². The van der Waals surface area contributed by atoms with Gasteiger partial charge in [0.15, 0.2) is 5.43 Å². The Hall–Kier alpha value is -4.24. The molecule has 0 bridgehead atoms. The van der Waals surface area contributed by atoms with Crippen molar-refractivity contribution in [2.45, 2.75) is 0 Å². The van der Waals surface area contributed by atoms with E-state index in [0.717, 1.165) is 27.6 Å². The molecule has 3 heterocycles. The molecule has 0 aliphatic heterocycles. The molecule has 0 atom stereocenters. The van der Waals surface area contributed by atoms with Crippen molar-refractivity contribution in [2.75, 3.05) is 0 Å². The van der Waals surface area contributed by atoms with Gasteiger partial charge < -0.3 is 4.98 Å². The molecule has 6 nitrogen and oxygen atoms in total. The second-order valence-corrected chi connectivity index (χ2v) is 6.49. The van der Waals surface area contributed by atoms with Crippen molar-refractivity contribution in [3.8, 4) is 28.5 Å². The van der Waals surface area contributed by atoms with Crippen LogP contribution in [-0.4, -0.2) is 20.2 Å². The highest BCUT2D eigenvalue weighted by atomic mass is 16.1. The quantitative estimate of drug-likeness (QED) is 0.495. The minimum Gasteiger partial charge on any atom is -0.346 e. The third-order valence-corrected chi connectivity index (χ3v) is 4.76. The third-order valence-electron chi connectivity index (χ3n) is 4.76. The summed E-state index contributed by atoms with van der Waals surface area (Å²) in [6.45, 7) is 0. The first-order valence-electron chi connectivity index (χ1n) is 8.69. The maximum atomic E-state index is 12.4. The lowest BCUT2D eigenvalue weighted by Crippen LogP contribution is -2.03. The number of nitrogens with zero attached hydrogens (tertiary/aromatic N) is 3. The van der Waals surface area contributed by atoms with Crippen molar-refractivity contribution in [3.05, 3.63) is 82.8 Å². The Morgan fingerprint density at radius 3 is 2.82 bits per heavy atom. The number of nitrogens with one attached hydrogen (secondary N) is 2. The van der Waals surface area contributed by atoms with Crippen LogP contribution >= 0.6 is 0 Å². The molecule has 2 N–H and O–H groups in total. The zero-order valence-corrected chi connectivity index (χ0v) is 14.6. The van der Waals surface area contributed by atoms with Crippen LogP contribution in [0, 0.1) is 11.3 Å². The molecule has 0 unspecified atom stereocenters. The molecule has 0 radical (unpaired) electrons. The molecule has 0 aliphatic rings. The Morgan fingerprint density at radius 1 is 1.00 bits per heavy atom. The van der Waals surface area contributed by atoms with Gasteiger partial charge >= 0.3 is 0 Å². The van der Waals surface area contributed by atoms with E-state index in [0.29, 0.717) is 22.3 Å². The number of rotatable bonds is 2. The first-order chi connectivity index (χ1) is 13.7. The number of nitriles is 1. The van der Waals surface area contributed by atoms with E-state index in [4.69, 9.17) is 4.98 Å². The first kappa shape index (κ1) is 16.0. The molecule has 5 rings (SSSR count). The van der Waals surface area contributed by atoms with E-state index in [1.54, 1.807) is 24.5 Å². The molecule has 0 aliphatic carbocycles. The molecule has 0 saturated carbocycles. The van der Waals surface area contributed by atoms with E-state index in [1.165, 1.54) is 6.07 Å². The van der Waals surface area contributed by atoms with E-state index < -0.39 is 0 Å². The van der Waals surface area contributed by atoms with E-state index in [1.807, 2.05) is 36.4 Å². The van der Waals surface area contributed by atoms with Crippen LogP contribution in [0.3, 0.4) is 0 Å². The summed E-state index contributed by atoms with van der Waals surface area (Å²) < 4.78 is 0. The molecular formula is C22H13N5O. The summed E-state index contributed by atoms with van der Waals surface area (Å²) in [6, 6.07) is 18.7. The van der Waals surface area contributed by atoms with Gasteiger partial charge in [-0.05, 0) is 35.9 Å². The standard InChI is InChI=1S/C22H13N5O/c23-11-13-2-1-3-15(8-13)21-17(10-18-20(28)6-7-24-22(18)26-21)14-4-5-19-16(9-14)12-25-27-19/h1-10,12H,(H,25,27)(H,24,26,28). The molecule has 0 amide bonds. The summed E-state index contributed by atoms with van der Waals surface area (Å²) in [5.74, 6) is 0. The Labute approximate surface area is 159 Å². The van der Waals surface area contributed by atoms with Gasteiger partial charge in [0.25, 0.3) is 0 Å². The summed E-state index contributed by atoms with van der Waals surface area (Å²) in [5, 5.41) is 17.8. The molecule has 2 aromatic carbocycles. The lowest BCUT2D eigenvalue weighted by Gasteiger charge is -2.11. The molecule has 132 valence electrons. The van der Waals surface area contributed by atoms with Crippen LogP contribution < -0.4 is 5.43 Å². The zero-order valence-electron chi connectivity index (χ0n) is 14.6. The maximum absolute atomic E-state index is 12.4. The molecular weight excluding hydrogens is 350 g/mol. The lowest BCUT2D eigenvalue weighted by molar-refractivity contribution is 1.12. The number of hydrogen-bond donors (Lipinski definition) is 2. The van der Waals surface area contributed by atoms with Crippen molar-refractivity contribution in [1.29, 1.82) is 5.26 Å². The molecule has 5 aromatic rings. The number of H-pyrrole nitrogens is 2. The van der Waals surface area contributed by atoms with Gasteiger partial charge in [0.1, 0.15) is 5.65 Å². The topological polar surface area (TPSA) is 98.2 Å². The van der Waals surface area contributed by atoms with Crippen molar-refractivity contribution in [1.82, 2.24) is 20.2 Å². The smallest absolute Gasteiger partial charge is 0.191 e. The van der Waals surface area contributed by atoms with Gasteiger partial charge in [-0.25, -0.2) is 4.98 Å². The van der Waals surface area contributed by atoms with Crippen molar-refractivity contribution < 1.29 is 0 Å². The number of fused-ring (bicyclic) bond motifs is 2. The predicted octanol–water partition coefficient (Wildman–Crippen LogP) is 4.01. The van der Waals surface area contributed by atoms with E-state index in [-0.39, 0.29) is 5.43 Å². The SMILES string of the molecule is N#Cc1cccc(-c2nc3[nH]ccc(=O)c3cc2-c2ccc3[nH]ncc3c2)c1. The highest BCUT2D eigenvalue weighted by Crippen LogP contribution is 2.34. The molecule has 6 heteroatoms. The Kier molecular flexibility index (Phi) is 3.53. The van der Waals surface area contributed by atoms with Gasteiger partial charge in [-0.1, -0.05) is 18.2 Å². The van der Waals surface area contributed by atoms with Gasteiger partial charge in [-0.2, -0.15) is 10.4 Å². The lowest BCUT2D eigenvalue weighted by atomic mass is 9.96. The first-order valence-corrected chi connectivity index (χ1v) is 8.69. The Balaban J connectivity index is 1.85. The maximum Gasteiger partial charge on any atom is 0.191 e. The van der Waals surface area contributed by atoms with Crippen LogP contribution in [0.4, 0.5) is 0 Å².